The minimum Gasteiger partial charge on any atom is -0.261 e. The van der Waals surface area contributed by atoms with Gasteiger partial charge < -0.3 is 0 Å². The molecule has 0 spiro atoms. The lowest BCUT2D eigenvalue weighted by molar-refractivity contribution is 0.487. The Labute approximate surface area is 115 Å². The van der Waals surface area contributed by atoms with Gasteiger partial charge in [-0.3, -0.25) is 15.0 Å². The van der Waals surface area contributed by atoms with E-state index in [0.29, 0.717) is 11.8 Å². The maximum absolute atomic E-state index is 4.65. The van der Waals surface area contributed by atoms with Gasteiger partial charge in [-0.2, -0.15) is 0 Å². The van der Waals surface area contributed by atoms with Crippen LogP contribution in [0.2, 0.25) is 0 Å². The lowest BCUT2D eigenvalue weighted by Gasteiger charge is -2.24. The first-order valence-electron chi connectivity index (χ1n) is 6.95. The first kappa shape index (κ1) is 13.7. The minimum atomic E-state index is 0.382. The Morgan fingerprint density at radius 1 is 1.00 bits per heavy atom. The van der Waals surface area contributed by atoms with Crippen molar-refractivity contribution in [2.45, 2.75) is 45.4 Å². The fourth-order valence-electron chi connectivity index (χ4n) is 2.66. The average Bonchev–Trinajstić information content (AvgIpc) is 2.45. The zero-order chi connectivity index (χ0) is 13.7. The summed E-state index contributed by atoms with van der Waals surface area (Å²) >= 11 is 0. The lowest BCUT2D eigenvalue weighted by Crippen LogP contribution is -2.13. The predicted octanol–water partition coefficient (Wildman–Crippen LogP) is 3.87. The van der Waals surface area contributed by atoms with E-state index in [0.717, 1.165) is 29.9 Å². The third-order valence-corrected chi connectivity index (χ3v) is 3.59. The highest BCUT2D eigenvalue weighted by atomic mass is 14.8. The molecule has 3 nitrogen and oxygen atoms in total. The Balaban J connectivity index is 2.34. The van der Waals surface area contributed by atoms with Gasteiger partial charge in [0.1, 0.15) is 0 Å². The van der Waals surface area contributed by atoms with Gasteiger partial charge in [0.05, 0.1) is 11.4 Å². The van der Waals surface area contributed by atoms with Crippen LogP contribution in [0.5, 0.6) is 0 Å². The quantitative estimate of drug-likeness (QED) is 0.814. The molecule has 2 aromatic heterocycles. The molecular weight excluding hydrogens is 234 g/mol. The fraction of sp³-hybridized carbons (Fsp3) is 0.438. The van der Waals surface area contributed by atoms with E-state index in [9.17, 15) is 0 Å². The number of aromatic nitrogens is 3. The van der Waals surface area contributed by atoms with E-state index in [1.54, 1.807) is 6.20 Å². The first-order chi connectivity index (χ1) is 9.26. The molecule has 2 heterocycles. The summed E-state index contributed by atoms with van der Waals surface area (Å²) in [5, 5.41) is 0. The van der Waals surface area contributed by atoms with Crippen molar-refractivity contribution in [3.05, 3.63) is 53.9 Å². The maximum atomic E-state index is 4.65. The van der Waals surface area contributed by atoms with Crippen molar-refractivity contribution >= 4 is 0 Å². The van der Waals surface area contributed by atoms with Crippen molar-refractivity contribution < 1.29 is 0 Å². The van der Waals surface area contributed by atoms with Crippen molar-refractivity contribution in [2.75, 3.05) is 0 Å². The third kappa shape index (κ3) is 3.16. The van der Waals surface area contributed by atoms with Crippen molar-refractivity contribution in [2.24, 2.45) is 0 Å². The van der Waals surface area contributed by atoms with Crippen LogP contribution in [0.25, 0.3) is 0 Å². The van der Waals surface area contributed by atoms with Crippen molar-refractivity contribution in [1.82, 2.24) is 15.0 Å². The first-order valence-corrected chi connectivity index (χ1v) is 6.95. The highest BCUT2D eigenvalue weighted by Gasteiger charge is 2.24. The molecule has 3 heteroatoms. The summed E-state index contributed by atoms with van der Waals surface area (Å²) in [5.41, 5.74) is 3.21. The molecule has 0 aromatic carbocycles. The Morgan fingerprint density at radius 2 is 1.74 bits per heavy atom. The van der Waals surface area contributed by atoms with Gasteiger partial charge in [-0.05, 0) is 31.9 Å². The molecule has 0 amide bonds. The van der Waals surface area contributed by atoms with E-state index in [2.05, 4.69) is 40.9 Å². The number of hydrogen-bond donors (Lipinski definition) is 0. The lowest BCUT2D eigenvalue weighted by atomic mass is 9.83. The van der Waals surface area contributed by atoms with Gasteiger partial charge in [0, 0.05) is 36.1 Å². The Kier molecular flexibility index (Phi) is 4.61. The molecule has 0 N–H and O–H groups in total. The van der Waals surface area contributed by atoms with Crippen LogP contribution in [-0.2, 0) is 0 Å². The molecule has 0 radical (unpaired) electrons. The molecule has 0 saturated carbocycles. The summed E-state index contributed by atoms with van der Waals surface area (Å²) in [5.74, 6) is 0.787. The number of aryl methyl sites for hydroxylation is 1. The standard InChI is InChI=1S/C16H21N3/c1-4-13(15-8-6-7-9-18-15)14(5-2)16-11-17-10-12(3)19-16/h6-11,13-14H,4-5H2,1-3H3. The monoisotopic (exact) mass is 255 g/mol. The SMILES string of the molecule is CCC(c1ccccn1)C(CC)c1cncc(C)n1. The van der Waals surface area contributed by atoms with E-state index in [4.69, 9.17) is 0 Å². The van der Waals surface area contributed by atoms with Crippen molar-refractivity contribution in [3.8, 4) is 0 Å². The molecule has 19 heavy (non-hydrogen) atoms. The number of nitrogens with zero attached hydrogens (tertiary/aromatic N) is 3. The summed E-state index contributed by atoms with van der Waals surface area (Å²) in [6.45, 7) is 6.41. The smallest absolute Gasteiger partial charge is 0.0627 e. The van der Waals surface area contributed by atoms with Crippen molar-refractivity contribution in [1.29, 1.82) is 0 Å². The van der Waals surface area contributed by atoms with Crippen LogP contribution in [0.4, 0.5) is 0 Å². The Morgan fingerprint density at radius 3 is 2.32 bits per heavy atom. The number of hydrogen-bond acceptors (Lipinski definition) is 3. The molecule has 0 fully saturated rings. The Hall–Kier alpha value is -1.77. The molecule has 2 unspecified atom stereocenters. The largest absolute Gasteiger partial charge is 0.261 e. The second-order valence-corrected chi connectivity index (χ2v) is 4.87. The second kappa shape index (κ2) is 6.41. The van der Waals surface area contributed by atoms with Crippen LogP contribution in [0.3, 0.4) is 0 Å². The summed E-state index contributed by atoms with van der Waals surface area (Å²) in [6.07, 6.45) is 7.68. The van der Waals surface area contributed by atoms with E-state index >= 15 is 0 Å². The van der Waals surface area contributed by atoms with Gasteiger partial charge in [-0.1, -0.05) is 19.9 Å². The zero-order valence-corrected chi connectivity index (χ0v) is 11.9. The van der Waals surface area contributed by atoms with Gasteiger partial charge in [0.25, 0.3) is 0 Å². The average molecular weight is 255 g/mol. The molecule has 0 bridgehead atoms. The van der Waals surface area contributed by atoms with Crippen LogP contribution in [-0.4, -0.2) is 15.0 Å². The fourth-order valence-corrected chi connectivity index (χ4v) is 2.66. The van der Waals surface area contributed by atoms with Gasteiger partial charge in [-0.25, -0.2) is 0 Å². The third-order valence-electron chi connectivity index (χ3n) is 3.59. The highest BCUT2D eigenvalue weighted by molar-refractivity contribution is 5.18. The molecule has 2 rings (SSSR count). The molecule has 100 valence electrons. The number of rotatable bonds is 5. The molecular formula is C16H21N3. The predicted molar refractivity (Wildman–Crippen MR) is 77.1 cm³/mol. The maximum Gasteiger partial charge on any atom is 0.0627 e. The van der Waals surface area contributed by atoms with E-state index in [1.165, 1.54) is 0 Å². The minimum absolute atomic E-state index is 0.382. The summed E-state index contributed by atoms with van der Waals surface area (Å²) in [4.78, 5) is 13.4. The van der Waals surface area contributed by atoms with Crippen LogP contribution in [0, 0.1) is 6.92 Å². The normalized spacial score (nSPS) is 14.1. The van der Waals surface area contributed by atoms with Crippen LogP contribution in [0.15, 0.2) is 36.8 Å². The van der Waals surface area contributed by atoms with Crippen LogP contribution in [0.1, 0.15) is 55.6 Å². The highest BCUT2D eigenvalue weighted by Crippen LogP contribution is 2.35. The zero-order valence-electron chi connectivity index (χ0n) is 11.9. The molecule has 2 aromatic rings. The van der Waals surface area contributed by atoms with Gasteiger partial charge in [-0.15, -0.1) is 0 Å². The summed E-state index contributed by atoms with van der Waals surface area (Å²) in [7, 11) is 0. The Bertz CT molecular complexity index is 510. The topological polar surface area (TPSA) is 38.7 Å². The summed E-state index contributed by atoms with van der Waals surface area (Å²) < 4.78 is 0. The molecule has 0 saturated heterocycles. The summed E-state index contributed by atoms with van der Waals surface area (Å²) in [6, 6.07) is 6.13. The van der Waals surface area contributed by atoms with E-state index < -0.39 is 0 Å². The van der Waals surface area contributed by atoms with E-state index in [-0.39, 0.29) is 0 Å². The van der Waals surface area contributed by atoms with Crippen LogP contribution >= 0.6 is 0 Å². The van der Waals surface area contributed by atoms with Crippen LogP contribution < -0.4 is 0 Å². The molecule has 0 aliphatic heterocycles. The molecule has 0 aliphatic rings. The van der Waals surface area contributed by atoms with Gasteiger partial charge in [0.15, 0.2) is 0 Å². The van der Waals surface area contributed by atoms with E-state index in [1.807, 2.05) is 25.4 Å². The molecule has 2 atom stereocenters. The van der Waals surface area contributed by atoms with Gasteiger partial charge >= 0.3 is 0 Å². The number of pyridine rings is 1. The molecule has 0 aliphatic carbocycles. The van der Waals surface area contributed by atoms with Gasteiger partial charge in [0.2, 0.25) is 0 Å². The second-order valence-electron chi connectivity index (χ2n) is 4.87. The van der Waals surface area contributed by atoms with Crippen molar-refractivity contribution in [3.63, 3.8) is 0 Å².